The van der Waals surface area contributed by atoms with Crippen molar-refractivity contribution in [2.75, 3.05) is 6.61 Å². The van der Waals surface area contributed by atoms with Crippen LogP contribution in [-0.2, 0) is 14.3 Å². The zero-order chi connectivity index (χ0) is 11.1. The Bertz CT molecular complexity index is 248. The minimum absolute atomic E-state index is 0.0345. The molecular weight excluding hydrogens is 431 g/mol. The van der Waals surface area contributed by atoms with Crippen molar-refractivity contribution in [3.05, 3.63) is 22.1 Å². The first kappa shape index (κ1) is 14.4. The van der Waals surface area contributed by atoms with Crippen LogP contribution in [0, 0.1) is 0 Å². The number of carbonyl (C=O) groups excluding carboxylic acids is 2. The van der Waals surface area contributed by atoms with E-state index >= 15 is 0 Å². The summed E-state index contributed by atoms with van der Waals surface area (Å²) in [7, 11) is 0. The van der Waals surface area contributed by atoms with Crippen molar-refractivity contribution < 1.29 is 14.3 Å². The number of carbonyl (C=O) groups is 2. The second-order valence-electron chi connectivity index (χ2n) is 2.19. The van der Waals surface area contributed by atoms with Crippen LogP contribution in [0.15, 0.2) is 22.1 Å². The Labute approximate surface area is 109 Å². The van der Waals surface area contributed by atoms with Crippen molar-refractivity contribution in [2.24, 2.45) is 0 Å². The van der Waals surface area contributed by atoms with Crippen molar-refractivity contribution in [3.8, 4) is 0 Å². The third kappa shape index (κ3) is 7.74. The Balaban J connectivity index is 3.82. The van der Waals surface area contributed by atoms with Gasteiger partial charge in [-0.15, -0.1) is 0 Å². The third-order valence-corrected chi connectivity index (χ3v) is 5.18. The molecule has 0 unspecified atom stereocenters. The van der Waals surface area contributed by atoms with E-state index in [-0.39, 0.29) is 6.61 Å². The van der Waals surface area contributed by atoms with E-state index in [2.05, 4.69) is 49.8 Å². The summed E-state index contributed by atoms with van der Waals surface area (Å²) in [5, 5.41) is 0. The van der Waals surface area contributed by atoms with E-state index < -0.39 is 30.7 Å². The van der Waals surface area contributed by atoms with Crippen molar-refractivity contribution in [3.63, 3.8) is 0 Å². The van der Waals surface area contributed by atoms with Gasteiger partial charge in [-0.3, -0.25) is 0 Å². The fraction of sp³-hybridized carbons (Fsp3) is 0.250. The second-order valence-corrected chi connectivity index (χ2v) is 7.14. The van der Waals surface area contributed by atoms with Crippen LogP contribution in [0.5, 0.6) is 0 Å². The molecule has 0 rings (SSSR count). The van der Waals surface area contributed by atoms with Crippen molar-refractivity contribution in [1.29, 1.82) is 0 Å². The Kier molecular flexibility index (Phi) is 7.84. The zero-order valence-electron chi connectivity index (χ0n) is 7.22. The van der Waals surface area contributed by atoms with Crippen molar-refractivity contribution in [1.82, 2.24) is 0 Å². The van der Waals surface area contributed by atoms with Crippen LogP contribution < -0.4 is 0 Å². The second kappa shape index (κ2) is 7.63. The Morgan fingerprint density at radius 3 is 2.21 bits per heavy atom. The van der Waals surface area contributed by atoms with Crippen LogP contribution in [0.1, 0.15) is 0 Å². The zero-order valence-corrected chi connectivity index (χ0v) is 12.7. The van der Waals surface area contributed by atoms with Crippen LogP contribution in [0.3, 0.4) is 0 Å². The van der Waals surface area contributed by atoms with Gasteiger partial charge in [0, 0.05) is 0 Å². The Morgan fingerprint density at radius 2 is 1.79 bits per heavy atom. The van der Waals surface area contributed by atoms with E-state index in [0.717, 1.165) is 4.48 Å². The molecule has 0 heterocycles. The number of ether oxygens (including phenoxy) is 1. The summed E-state index contributed by atoms with van der Waals surface area (Å²) in [5.74, 6) is -0.776. The van der Waals surface area contributed by atoms with Gasteiger partial charge in [0.15, 0.2) is 0 Å². The van der Waals surface area contributed by atoms with E-state index in [1.54, 1.807) is 0 Å². The van der Waals surface area contributed by atoms with Gasteiger partial charge in [0.1, 0.15) is 0 Å². The molecule has 0 atom stereocenters. The molecule has 6 heteroatoms. The molecule has 0 aromatic carbocycles. The van der Waals surface area contributed by atoms with Crippen LogP contribution in [-0.4, -0.2) is 37.3 Å². The van der Waals surface area contributed by atoms with Crippen LogP contribution >= 0.6 is 31.9 Å². The number of esters is 1. The number of hydrogen-bond donors (Lipinski definition) is 0. The van der Waals surface area contributed by atoms with E-state index in [1.807, 2.05) is 0 Å². The van der Waals surface area contributed by atoms with Gasteiger partial charge in [-0.1, -0.05) is 0 Å². The Morgan fingerprint density at radius 1 is 1.21 bits per heavy atom. The maximum absolute atomic E-state index is 11.1. The first-order chi connectivity index (χ1) is 6.43. The molecule has 0 bridgehead atoms. The van der Waals surface area contributed by atoms with Crippen LogP contribution in [0.4, 0.5) is 0 Å². The molecule has 0 aliphatic heterocycles. The standard InChI is InChI=1S/C8H8Br2O3Te/c1-5(9)3-13-7(11)8(12)14-4-6(2)10/h1-4H2. The molecule has 0 spiro atoms. The van der Waals surface area contributed by atoms with E-state index in [4.69, 9.17) is 0 Å². The molecule has 0 aromatic rings. The summed E-state index contributed by atoms with van der Waals surface area (Å²) in [6.45, 7) is 7.10. The summed E-state index contributed by atoms with van der Waals surface area (Å²) in [5.41, 5.74) is 0. The molecule has 0 aromatic heterocycles. The van der Waals surface area contributed by atoms with Gasteiger partial charge in [0.2, 0.25) is 0 Å². The minimum atomic E-state index is -1.03. The van der Waals surface area contributed by atoms with E-state index in [1.165, 1.54) is 0 Å². The summed E-state index contributed by atoms with van der Waals surface area (Å²) in [4.78, 5) is 22.2. The fourth-order valence-electron chi connectivity index (χ4n) is 0.406. The molecule has 0 saturated carbocycles. The fourth-order valence-corrected chi connectivity index (χ4v) is 2.61. The molecule has 0 radical (unpaired) electrons. The van der Waals surface area contributed by atoms with Crippen LogP contribution in [0.2, 0.25) is 4.47 Å². The first-order valence-corrected chi connectivity index (χ1v) is 7.84. The SMILES string of the molecule is C=C(Br)COC(=O)C(=O)[Te]CC(=C)Br. The molecule has 78 valence electrons. The maximum atomic E-state index is 11.1. The quantitative estimate of drug-likeness (QED) is 0.361. The first-order valence-electron chi connectivity index (χ1n) is 3.44. The number of halogens is 2. The van der Waals surface area contributed by atoms with E-state index in [9.17, 15) is 9.59 Å². The summed E-state index contributed by atoms with van der Waals surface area (Å²) in [6, 6.07) is 0. The molecule has 0 saturated heterocycles. The van der Waals surface area contributed by atoms with Gasteiger partial charge in [-0.05, 0) is 0 Å². The molecule has 0 aliphatic rings. The van der Waals surface area contributed by atoms with Gasteiger partial charge >= 0.3 is 110 Å². The average molecular weight is 440 g/mol. The molecule has 0 aliphatic carbocycles. The van der Waals surface area contributed by atoms with Gasteiger partial charge in [-0.2, -0.15) is 0 Å². The van der Waals surface area contributed by atoms with Crippen molar-refractivity contribution in [2.45, 2.75) is 4.47 Å². The molecule has 0 fully saturated rings. The summed E-state index contributed by atoms with van der Waals surface area (Å²) >= 11 is 5.12. The van der Waals surface area contributed by atoms with Gasteiger partial charge < -0.3 is 0 Å². The van der Waals surface area contributed by atoms with Gasteiger partial charge in [0.05, 0.1) is 0 Å². The van der Waals surface area contributed by atoms with Gasteiger partial charge in [0.25, 0.3) is 0 Å². The van der Waals surface area contributed by atoms with E-state index in [0.29, 0.717) is 8.95 Å². The van der Waals surface area contributed by atoms with Crippen molar-refractivity contribution >= 4 is 62.6 Å². The third-order valence-electron chi connectivity index (χ3n) is 0.886. The number of rotatable bonds is 6. The van der Waals surface area contributed by atoms with Gasteiger partial charge in [-0.25, -0.2) is 0 Å². The normalized spacial score (nSPS) is 9.29. The van der Waals surface area contributed by atoms with Crippen LogP contribution in [0.25, 0.3) is 0 Å². The summed E-state index contributed by atoms with van der Waals surface area (Å²) in [6.07, 6.45) is 0. The Hall–Kier alpha value is 0.370. The predicted octanol–water partition coefficient (Wildman–Crippen LogP) is 2.00. The predicted molar refractivity (Wildman–Crippen MR) is 62.7 cm³/mol. The molecule has 0 amide bonds. The molecule has 14 heavy (non-hydrogen) atoms. The topological polar surface area (TPSA) is 43.4 Å². The molecule has 0 N–H and O–H groups in total. The average Bonchev–Trinajstić information content (AvgIpc) is 2.09. The monoisotopic (exact) mass is 440 g/mol. The number of hydrogen-bond acceptors (Lipinski definition) is 3. The molecule has 3 nitrogen and oxygen atoms in total. The molecular formula is C8H8Br2O3Te. The summed E-state index contributed by atoms with van der Waals surface area (Å²) < 4.78 is 6.06. The number of allylic oxidation sites excluding steroid dienone is 1.